The predicted molar refractivity (Wildman–Crippen MR) is 70.4 cm³/mol. The Bertz CT molecular complexity index is 477. The Hall–Kier alpha value is -1.84. The Morgan fingerprint density at radius 1 is 1.11 bits per heavy atom. The molecule has 0 unspecified atom stereocenters. The average Bonchev–Trinajstić information content (AvgIpc) is 2.86. The van der Waals surface area contributed by atoms with Gasteiger partial charge in [-0.05, 0) is 49.9 Å². The maximum Gasteiger partial charge on any atom is 0.313 e. The first kappa shape index (κ1) is 12.6. The molecule has 2 rings (SSSR count). The molecule has 1 aromatic carbocycles. The minimum absolute atomic E-state index is 0.425. The third-order valence-corrected chi connectivity index (χ3v) is 3.35. The van der Waals surface area contributed by atoms with Gasteiger partial charge in [0.25, 0.3) is 0 Å². The molecule has 0 radical (unpaired) electrons. The molecule has 0 saturated carbocycles. The number of rotatable bonds is 1. The van der Waals surface area contributed by atoms with Crippen LogP contribution in [0.1, 0.15) is 24.0 Å². The van der Waals surface area contributed by atoms with Crippen LogP contribution < -0.4 is 5.32 Å². The molecule has 1 saturated heterocycles. The van der Waals surface area contributed by atoms with Crippen LogP contribution in [0, 0.1) is 13.8 Å². The van der Waals surface area contributed by atoms with Gasteiger partial charge in [-0.25, -0.2) is 0 Å². The molecule has 4 nitrogen and oxygen atoms in total. The van der Waals surface area contributed by atoms with Crippen LogP contribution in [0.25, 0.3) is 0 Å². The highest BCUT2D eigenvalue weighted by molar-refractivity contribution is 6.39. The van der Waals surface area contributed by atoms with E-state index in [2.05, 4.69) is 5.32 Å². The van der Waals surface area contributed by atoms with Gasteiger partial charge in [-0.3, -0.25) is 9.59 Å². The summed E-state index contributed by atoms with van der Waals surface area (Å²) >= 11 is 0. The Morgan fingerprint density at radius 2 is 1.78 bits per heavy atom. The standard InChI is InChI=1S/C14H18N2O2/c1-10-5-6-12(9-11(10)2)15-13(17)14(18)16-7-3-4-8-16/h5-6,9H,3-4,7-8H2,1-2H3,(H,15,17). The Balaban J connectivity index is 2.01. The zero-order valence-corrected chi connectivity index (χ0v) is 10.8. The van der Waals surface area contributed by atoms with Crippen molar-refractivity contribution in [2.45, 2.75) is 26.7 Å². The highest BCUT2D eigenvalue weighted by Gasteiger charge is 2.24. The summed E-state index contributed by atoms with van der Waals surface area (Å²) in [6.07, 6.45) is 1.98. The molecule has 0 bridgehead atoms. The second-order valence-electron chi connectivity index (χ2n) is 4.75. The molecule has 4 heteroatoms. The lowest BCUT2D eigenvalue weighted by atomic mass is 10.1. The fourth-order valence-electron chi connectivity index (χ4n) is 2.07. The number of carbonyl (C=O) groups excluding carboxylic acids is 2. The number of aryl methyl sites for hydroxylation is 2. The first-order valence-electron chi connectivity index (χ1n) is 6.25. The van der Waals surface area contributed by atoms with E-state index in [4.69, 9.17) is 0 Å². The SMILES string of the molecule is Cc1ccc(NC(=O)C(=O)N2CCCC2)cc1C. The van der Waals surface area contributed by atoms with Crippen molar-refractivity contribution in [2.75, 3.05) is 18.4 Å². The van der Waals surface area contributed by atoms with E-state index in [0.29, 0.717) is 18.8 Å². The van der Waals surface area contributed by atoms with E-state index in [1.54, 1.807) is 4.90 Å². The Labute approximate surface area is 107 Å². The van der Waals surface area contributed by atoms with Crippen LogP contribution in [0.15, 0.2) is 18.2 Å². The number of hydrogen-bond donors (Lipinski definition) is 1. The molecule has 1 aromatic rings. The summed E-state index contributed by atoms with van der Waals surface area (Å²) in [5.41, 5.74) is 2.94. The fourth-order valence-corrected chi connectivity index (χ4v) is 2.07. The van der Waals surface area contributed by atoms with Gasteiger partial charge in [0.05, 0.1) is 0 Å². The summed E-state index contributed by atoms with van der Waals surface area (Å²) < 4.78 is 0. The third kappa shape index (κ3) is 2.70. The Morgan fingerprint density at radius 3 is 2.39 bits per heavy atom. The van der Waals surface area contributed by atoms with Crippen LogP contribution in [0.4, 0.5) is 5.69 Å². The smallest absolute Gasteiger partial charge is 0.313 e. The van der Waals surface area contributed by atoms with Crippen molar-refractivity contribution in [1.82, 2.24) is 4.90 Å². The van der Waals surface area contributed by atoms with Crippen molar-refractivity contribution in [1.29, 1.82) is 0 Å². The molecule has 1 aliphatic rings. The van der Waals surface area contributed by atoms with Crippen molar-refractivity contribution < 1.29 is 9.59 Å². The van der Waals surface area contributed by atoms with Crippen molar-refractivity contribution in [3.8, 4) is 0 Å². The predicted octanol–water partition coefficient (Wildman–Crippen LogP) is 1.86. The van der Waals surface area contributed by atoms with Crippen LogP contribution in [0.3, 0.4) is 0 Å². The minimum atomic E-state index is -0.542. The van der Waals surface area contributed by atoms with Gasteiger partial charge in [0.1, 0.15) is 0 Å². The van der Waals surface area contributed by atoms with Crippen LogP contribution in [-0.4, -0.2) is 29.8 Å². The molecular weight excluding hydrogens is 228 g/mol. The van der Waals surface area contributed by atoms with Gasteiger partial charge >= 0.3 is 11.8 Å². The van der Waals surface area contributed by atoms with Gasteiger partial charge < -0.3 is 10.2 Å². The molecule has 0 spiro atoms. The molecule has 1 fully saturated rings. The quantitative estimate of drug-likeness (QED) is 0.769. The minimum Gasteiger partial charge on any atom is -0.334 e. The number of nitrogens with one attached hydrogen (secondary N) is 1. The molecule has 2 amide bonds. The molecular formula is C14H18N2O2. The number of hydrogen-bond acceptors (Lipinski definition) is 2. The van der Waals surface area contributed by atoms with Crippen molar-refractivity contribution >= 4 is 17.5 Å². The maximum absolute atomic E-state index is 11.8. The molecule has 0 aliphatic carbocycles. The van der Waals surface area contributed by atoms with Gasteiger partial charge in [-0.15, -0.1) is 0 Å². The van der Waals surface area contributed by atoms with E-state index in [9.17, 15) is 9.59 Å². The highest BCUT2D eigenvalue weighted by Crippen LogP contribution is 2.15. The van der Waals surface area contributed by atoms with Crippen molar-refractivity contribution in [3.63, 3.8) is 0 Å². The normalized spacial score (nSPS) is 14.7. The van der Waals surface area contributed by atoms with E-state index < -0.39 is 11.8 Å². The Kier molecular flexibility index (Phi) is 3.65. The number of likely N-dealkylation sites (tertiary alicyclic amines) is 1. The van der Waals surface area contributed by atoms with E-state index in [0.717, 1.165) is 18.4 Å². The van der Waals surface area contributed by atoms with E-state index in [1.165, 1.54) is 5.56 Å². The first-order chi connectivity index (χ1) is 8.58. The van der Waals surface area contributed by atoms with E-state index >= 15 is 0 Å². The van der Waals surface area contributed by atoms with Crippen LogP contribution in [-0.2, 0) is 9.59 Å². The number of anilines is 1. The number of benzene rings is 1. The molecule has 18 heavy (non-hydrogen) atoms. The summed E-state index contributed by atoms with van der Waals surface area (Å²) in [6, 6.07) is 5.63. The first-order valence-corrected chi connectivity index (χ1v) is 6.25. The van der Waals surface area contributed by atoms with Gasteiger partial charge in [0.15, 0.2) is 0 Å². The third-order valence-electron chi connectivity index (χ3n) is 3.35. The van der Waals surface area contributed by atoms with Crippen LogP contribution >= 0.6 is 0 Å². The van der Waals surface area contributed by atoms with Gasteiger partial charge in [0, 0.05) is 18.8 Å². The maximum atomic E-state index is 11.8. The summed E-state index contributed by atoms with van der Waals surface area (Å²) in [7, 11) is 0. The molecule has 1 aliphatic heterocycles. The highest BCUT2D eigenvalue weighted by atomic mass is 16.2. The topological polar surface area (TPSA) is 49.4 Å². The fraction of sp³-hybridized carbons (Fsp3) is 0.429. The summed E-state index contributed by atoms with van der Waals surface area (Å²) in [5, 5.41) is 2.66. The second kappa shape index (κ2) is 5.21. The monoisotopic (exact) mass is 246 g/mol. The van der Waals surface area contributed by atoms with Crippen LogP contribution in [0.5, 0.6) is 0 Å². The summed E-state index contributed by atoms with van der Waals surface area (Å²) in [6.45, 7) is 5.38. The molecule has 1 heterocycles. The number of nitrogens with zero attached hydrogens (tertiary/aromatic N) is 1. The lowest BCUT2D eigenvalue weighted by Gasteiger charge is -2.14. The van der Waals surface area contributed by atoms with E-state index in [1.807, 2.05) is 32.0 Å². The molecule has 0 atom stereocenters. The largest absolute Gasteiger partial charge is 0.334 e. The zero-order valence-electron chi connectivity index (χ0n) is 10.8. The molecule has 0 aromatic heterocycles. The second-order valence-corrected chi connectivity index (χ2v) is 4.75. The number of amides is 2. The van der Waals surface area contributed by atoms with Crippen molar-refractivity contribution in [2.24, 2.45) is 0 Å². The molecule has 1 N–H and O–H groups in total. The van der Waals surface area contributed by atoms with Gasteiger partial charge in [-0.1, -0.05) is 6.07 Å². The van der Waals surface area contributed by atoms with Gasteiger partial charge in [-0.2, -0.15) is 0 Å². The lowest BCUT2D eigenvalue weighted by molar-refractivity contribution is -0.142. The van der Waals surface area contributed by atoms with Crippen LogP contribution in [0.2, 0.25) is 0 Å². The summed E-state index contributed by atoms with van der Waals surface area (Å²) in [4.78, 5) is 25.2. The average molecular weight is 246 g/mol. The molecule has 96 valence electrons. The van der Waals surface area contributed by atoms with E-state index in [-0.39, 0.29) is 0 Å². The summed E-state index contributed by atoms with van der Waals surface area (Å²) in [5.74, 6) is -0.967. The number of carbonyl (C=O) groups is 2. The van der Waals surface area contributed by atoms with Gasteiger partial charge in [0.2, 0.25) is 0 Å². The van der Waals surface area contributed by atoms with Crippen molar-refractivity contribution in [3.05, 3.63) is 29.3 Å². The lowest BCUT2D eigenvalue weighted by Crippen LogP contribution is -2.37. The zero-order chi connectivity index (χ0) is 13.1.